The number of nitrogens with zero attached hydrogens (tertiary/aromatic N) is 3. The summed E-state index contributed by atoms with van der Waals surface area (Å²) in [6.45, 7) is 4.92. The van der Waals surface area contributed by atoms with Crippen LogP contribution >= 0.6 is 0 Å². The number of benzene rings is 1. The van der Waals surface area contributed by atoms with Gasteiger partial charge in [0.15, 0.2) is 0 Å². The van der Waals surface area contributed by atoms with E-state index in [1.807, 2.05) is 6.07 Å². The minimum atomic E-state index is 0.874. The molecule has 0 unspecified atom stereocenters. The zero-order valence-electron chi connectivity index (χ0n) is 11.8. The fraction of sp³-hybridized carbons (Fsp3) is 0.375. The van der Waals surface area contributed by atoms with Crippen LogP contribution in [0.25, 0.3) is 0 Å². The molecular formula is C16H20N4. The van der Waals surface area contributed by atoms with Crippen LogP contribution in [0, 0.1) is 0 Å². The first-order valence-corrected chi connectivity index (χ1v) is 7.24. The Balaban J connectivity index is 1.85. The van der Waals surface area contributed by atoms with Gasteiger partial charge in [-0.3, -0.25) is 0 Å². The second kappa shape index (κ2) is 5.90. The zero-order chi connectivity index (χ0) is 13.8. The van der Waals surface area contributed by atoms with Crippen LogP contribution in [-0.4, -0.2) is 23.1 Å². The molecule has 2 aromatic rings. The Hall–Kier alpha value is -2.10. The normalized spacial score (nSPS) is 14.6. The number of aryl methyl sites for hydroxylation is 1. The van der Waals surface area contributed by atoms with Crippen molar-refractivity contribution in [3.63, 3.8) is 0 Å². The van der Waals surface area contributed by atoms with E-state index in [4.69, 9.17) is 0 Å². The van der Waals surface area contributed by atoms with E-state index in [9.17, 15) is 0 Å². The van der Waals surface area contributed by atoms with Crippen LogP contribution in [0.1, 0.15) is 24.5 Å². The van der Waals surface area contributed by atoms with Crippen molar-refractivity contribution in [3.8, 4) is 0 Å². The van der Waals surface area contributed by atoms with Crippen molar-refractivity contribution in [1.29, 1.82) is 0 Å². The highest BCUT2D eigenvalue weighted by atomic mass is 15.2. The van der Waals surface area contributed by atoms with Crippen LogP contribution in [0.15, 0.2) is 36.7 Å². The Bertz CT molecular complexity index is 582. The summed E-state index contributed by atoms with van der Waals surface area (Å²) in [5.74, 6) is 1.91. The third kappa shape index (κ3) is 2.74. The molecular weight excluding hydrogens is 248 g/mol. The third-order valence-corrected chi connectivity index (χ3v) is 3.69. The molecule has 4 nitrogen and oxygen atoms in total. The molecule has 1 aromatic carbocycles. The van der Waals surface area contributed by atoms with Crippen LogP contribution in [0.5, 0.6) is 0 Å². The van der Waals surface area contributed by atoms with Gasteiger partial charge in [-0.2, -0.15) is 0 Å². The molecule has 0 radical (unpaired) electrons. The standard InChI is InChI=1S/C16H20N4/c1-2-17-15-10-16(19-12-18-15)20-9-5-8-13-6-3-4-7-14(13)11-20/h3-4,6-7,10,12H,2,5,8-9,11H2,1H3,(H,17,18,19). The molecule has 104 valence electrons. The summed E-state index contributed by atoms with van der Waals surface area (Å²) in [6, 6.07) is 10.7. The largest absolute Gasteiger partial charge is 0.370 e. The zero-order valence-corrected chi connectivity index (χ0v) is 11.8. The first-order valence-electron chi connectivity index (χ1n) is 7.24. The molecule has 1 aliphatic rings. The van der Waals surface area contributed by atoms with E-state index in [2.05, 4.69) is 51.4 Å². The fourth-order valence-electron chi connectivity index (χ4n) is 2.69. The summed E-state index contributed by atoms with van der Waals surface area (Å²) in [5.41, 5.74) is 2.88. The highest BCUT2D eigenvalue weighted by Crippen LogP contribution is 2.23. The highest BCUT2D eigenvalue weighted by molar-refractivity contribution is 5.49. The van der Waals surface area contributed by atoms with Gasteiger partial charge in [0.1, 0.15) is 18.0 Å². The Labute approximate surface area is 119 Å². The molecule has 0 amide bonds. The smallest absolute Gasteiger partial charge is 0.134 e. The first kappa shape index (κ1) is 12.9. The lowest BCUT2D eigenvalue weighted by molar-refractivity contribution is 0.753. The Morgan fingerprint density at radius 2 is 2.05 bits per heavy atom. The molecule has 1 aromatic heterocycles. The number of anilines is 2. The van der Waals surface area contributed by atoms with Crippen molar-refractivity contribution in [3.05, 3.63) is 47.8 Å². The predicted molar refractivity (Wildman–Crippen MR) is 82.0 cm³/mol. The maximum atomic E-state index is 4.43. The quantitative estimate of drug-likeness (QED) is 0.929. The van der Waals surface area contributed by atoms with Crippen LogP contribution in [0.4, 0.5) is 11.6 Å². The van der Waals surface area contributed by atoms with Gasteiger partial charge in [-0.25, -0.2) is 9.97 Å². The SMILES string of the molecule is CCNc1cc(N2CCCc3ccccc3C2)ncn1. The Morgan fingerprint density at radius 1 is 1.20 bits per heavy atom. The Kier molecular flexibility index (Phi) is 3.81. The molecule has 0 aliphatic carbocycles. The van der Waals surface area contributed by atoms with Gasteiger partial charge in [-0.1, -0.05) is 24.3 Å². The maximum Gasteiger partial charge on any atom is 0.134 e. The van der Waals surface area contributed by atoms with Crippen LogP contribution in [-0.2, 0) is 13.0 Å². The second-order valence-corrected chi connectivity index (χ2v) is 5.09. The number of aromatic nitrogens is 2. The van der Waals surface area contributed by atoms with E-state index in [1.165, 1.54) is 11.1 Å². The molecule has 3 rings (SSSR count). The maximum absolute atomic E-state index is 4.43. The first-order chi connectivity index (χ1) is 9.86. The van der Waals surface area contributed by atoms with E-state index in [0.717, 1.165) is 44.1 Å². The third-order valence-electron chi connectivity index (χ3n) is 3.69. The summed E-state index contributed by atoms with van der Waals surface area (Å²) in [5, 5.41) is 3.24. The highest BCUT2D eigenvalue weighted by Gasteiger charge is 2.15. The lowest BCUT2D eigenvalue weighted by Gasteiger charge is -2.22. The number of nitrogens with one attached hydrogen (secondary N) is 1. The number of rotatable bonds is 3. The van der Waals surface area contributed by atoms with Crippen molar-refractivity contribution < 1.29 is 0 Å². The van der Waals surface area contributed by atoms with Gasteiger partial charge in [-0.15, -0.1) is 0 Å². The van der Waals surface area contributed by atoms with Crippen LogP contribution in [0.3, 0.4) is 0 Å². The Morgan fingerprint density at radius 3 is 2.90 bits per heavy atom. The van der Waals surface area contributed by atoms with Crippen molar-refractivity contribution in [2.75, 3.05) is 23.3 Å². The molecule has 20 heavy (non-hydrogen) atoms. The van der Waals surface area contributed by atoms with Crippen molar-refractivity contribution in [2.45, 2.75) is 26.3 Å². The van der Waals surface area contributed by atoms with E-state index >= 15 is 0 Å². The summed E-state index contributed by atoms with van der Waals surface area (Å²) < 4.78 is 0. The van der Waals surface area contributed by atoms with Gasteiger partial charge < -0.3 is 10.2 Å². The number of hydrogen-bond donors (Lipinski definition) is 1. The van der Waals surface area contributed by atoms with Gasteiger partial charge in [-0.05, 0) is 30.9 Å². The number of fused-ring (bicyclic) bond motifs is 1. The van der Waals surface area contributed by atoms with Crippen molar-refractivity contribution >= 4 is 11.6 Å². The van der Waals surface area contributed by atoms with E-state index in [0.29, 0.717) is 0 Å². The average molecular weight is 268 g/mol. The predicted octanol–water partition coefficient (Wildman–Crippen LogP) is 2.86. The average Bonchev–Trinajstić information content (AvgIpc) is 2.70. The lowest BCUT2D eigenvalue weighted by atomic mass is 10.0. The van der Waals surface area contributed by atoms with Crippen molar-refractivity contribution in [2.24, 2.45) is 0 Å². The molecule has 0 fully saturated rings. The molecule has 4 heteroatoms. The minimum Gasteiger partial charge on any atom is -0.370 e. The van der Waals surface area contributed by atoms with Crippen LogP contribution < -0.4 is 10.2 Å². The monoisotopic (exact) mass is 268 g/mol. The van der Waals surface area contributed by atoms with E-state index in [1.54, 1.807) is 6.33 Å². The molecule has 0 spiro atoms. The molecule has 1 N–H and O–H groups in total. The second-order valence-electron chi connectivity index (χ2n) is 5.09. The molecule has 2 heterocycles. The molecule has 1 aliphatic heterocycles. The van der Waals surface area contributed by atoms with Gasteiger partial charge in [0, 0.05) is 25.7 Å². The molecule has 0 atom stereocenters. The summed E-state index contributed by atoms with van der Waals surface area (Å²) in [4.78, 5) is 11.0. The summed E-state index contributed by atoms with van der Waals surface area (Å²) >= 11 is 0. The van der Waals surface area contributed by atoms with E-state index in [-0.39, 0.29) is 0 Å². The van der Waals surface area contributed by atoms with Crippen LogP contribution in [0.2, 0.25) is 0 Å². The lowest BCUT2D eigenvalue weighted by Crippen LogP contribution is -2.23. The summed E-state index contributed by atoms with van der Waals surface area (Å²) in [6.07, 6.45) is 3.96. The molecule has 0 saturated heterocycles. The minimum absolute atomic E-state index is 0.874. The van der Waals surface area contributed by atoms with Gasteiger partial charge >= 0.3 is 0 Å². The van der Waals surface area contributed by atoms with Gasteiger partial charge in [0.05, 0.1) is 0 Å². The van der Waals surface area contributed by atoms with Crippen molar-refractivity contribution in [1.82, 2.24) is 9.97 Å². The van der Waals surface area contributed by atoms with Gasteiger partial charge in [0.2, 0.25) is 0 Å². The van der Waals surface area contributed by atoms with Gasteiger partial charge in [0.25, 0.3) is 0 Å². The van der Waals surface area contributed by atoms with E-state index < -0.39 is 0 Å². The number of hydrogen-bond acceptors (Lipinski definition) is 4. The molecule has 0 bridgehead atoms. The topological polar surface area (TPSA) is 41.0 Å². The fourth-order valence-corrected chi connectivity index (χ4v) is 2.69. The molecule has 0 saturated carbocycles. The summed E-state index contributed by atoms with van der Waals surface area (Å²) in [7, 11) is 0.